The van der Waals surface area contributed by atoms with Crippen molar-refractivity contribution >= 4 is 23.2 Å². The Morgan fingerprint density at radius 2 is 1.62 bits per heavy atom. The Balaban J connectivity index is 1.97. The van der Waals surface area contributed by atoms with Crippen LogP contribution in [-0.4, -0.2) is 32.1 Å². The number of amides is 2. The molecular formula is C20H24N2O4. The van der Waals surface area contributed by atoms with Crippen LogP contribution < -0.4 is 15.4 Å². The number of rotatable bonds is 8. The van der Waals surface area contributed by atoms with Crippen LogP contribution in [0.2, 0.25) is 0 Å². The van der Waals surface area contributed by atoms with Gasteiger partial charge in [0.05, 0.1) is 6.61 Å². The van der Waals surface area contributed by atoms with Crippen LogP contribution in [-0.2, 0) is 9.53 Å². The van der Waals surface area contributed by atoms with Gasteiger partial charge in [-0.25, -0.2) is 0 Å². The van der Waals surface area contributed by atoms with Gasteiger partial charge in [-0.3, -0.25) is 9.59 Å². The Morgan fingerprint density at radius 1 is 0.962 bits per heavy atom. The Kier molecular flexibility index (Phi) is 7.17. The maximum Gasteiger partial charge on any atom is 0.255 e. The number of benzene rings is 2. The van der Waals surface area contributed by atoms with Crippen LogP contribution in [0.4, 0.5) is 11.4 Å². The molecule has 0 aliphatic heterocycles. The van der Waals surface area contributed by atoms with E-state index < -0.39 is 0 Å². The van der Waals surface area contributed by atoms with Gasteiger partial charge in [-0.05, 0) is 42.5 Å². The van der Waals surface area contributed by atoms with Gasteiger partial charge in [-0.1, -0.05) is 19.9 Å². The molecule has 0 aliphatic carbocycles. The smallest absolute Gasteiger partial charge is 0.255 e. The molecule has 6 nitrogen and oxygen atoms in total. The lowest BCUT2D eigenvalue weighted by Crippen LogP contribution is -2.17. The van der Waals surface area contributed by atoms with Crippen LogP contribution in [0.15, 0.2) is 48.5 Å². The standard InChI is InChI=1S/C20H24N2O4/c1-14(2)19(23)21-16-7-9-17(10-8-16)22-20(24)15-5-4-6-18(13-15)26-12-11-25-3/h4-10,13-14H,11-12H2,1-3H3,(H,21,23)(H,22,24). The summed E-state index contributed by atoms with van der Waals surface area (Å²) in [6.07, 6.45) is 0. The molecule has 0 heterocycles. The van der Waals surface area contributed by atoms with Gasteiger partial charge in [-0.2, -0.15) is 0 Å². The highest BCUT2D eigenvalue weighted by Gasteiger charge is 2.09. The third-order valence-electron chi connectivity index (χ3n) is 3.59. The number of ether oxygens (including phenoxy) is 2. The van der Waals surface area contributed by atoms with Crippen LogP contribution in [0.5, 0.6) is 5.75 Å². The SMILES string of the molecule is COCCOc1cccc(C(=O)Nc2ccc(NC(=O)C(C)C)cc2)c1. The highest BCUT2D eigenvalue weighted by Crippen LogP contribution is 2.17. The molecule has 0 spiro atoms. The molecule has 0 bridgehead atoms. The first-order valence-electron chi connectivity index (χ1n) is 8.43. The van der Waals surface area contributed by atoms with Crippen molar-refractivity contribution in [1.29, 1.82) is 0 Å². The third-order valence-corrected chi connectivity index (χ3v) is 3.59. The van der Waals surface area contributed by atoms with E-state index >= 15 is 0 Å². The van der Waals surface area contributed by atoms with Crippen molar-refractivity contribution in [1.82, 2.24) is 0 Å². The van der Waals surface area contributed by atoms with Gasteiger partial charge in [0.2, 0.25) is 5.91 Å². The first-order chi connectivity index (χ1) is 12.5. The second-order valence-corrected chi connectivity index (χ2v) is 6.04. The van der Waals surface area contributed by atoms with E-state index in [4.69, 9.17) is 9.47 Å². The predicted octanol–water partition coefficient (Wildman–Crippen LogP) is 3.56. The fourth-order valence-corrected chi connectivity index (χ4v) is 2.10. The molecule has 0 atom stereocenters. The molecule has 2 amide bonds. The Morgan fingerprint density at radius 3 is 2.23 bits per heavy atom. The van der Waals surface area contributed by atoms with E-state index in [2.05, 4.69) is 10.6 Å². The lowest BCUT2D eigenvalue weighted by molar-refractivity contribution is -0.118. The summed E-state index contributed by atoms with van der Waals surface area (Å²) in [5.41, 5.74) is 1.83. The zero-order valence-corrected chi connectivity index (χ0v) is 15.2. The van der Waals surface area contributed by atoms with Crippen LogP contribution in [0.1, 0.15) is 24.2 Å². The van der Waals surface area contributed by atoms with Crippen LogP contribution in [0.25, 0.3) is 0 Å². The molecule has 0 aliphatic rings. The second kappa shape index (κ2) is 9.58. The average molecular weight is 356 g/mol. The van der Waals surface area contributed by atoms with Gasteiger partial charge < -0.3 is 20.1 Å². The van der Waals surface area contributed by atoms with Gasteiger partial charge in [0.15, 0.2) is 0 Å². The van der Waals surface area contributed by atoms with E-state index in [0.29, 0.717) is 35.9 Å². The largest absolute Gasteiger partial charge is 0.491 e. The lowest BCUT2D eigenvalue weighted by Gasteiger charge is -2.10. The van der Waals surface area contributed by atoms with Gasteiger partial charge in [0, 0.05) is 30.0 Å². The van der Waals surface area contributed by atoms with Crippen molar-refractivity contribution in [2.75, 3.05) is 31.0 Å². The lowest BCUT2D eigenvalue weighted by atomic mass is 10.2. The minimum Gasteiger partial charge on any atom is -0.491 e. The number of methoxy groups -OCH3 is 1. The van der Waals surface area contributed by atoms with Crippen molar-refractivity contribution < 1.29 is 19.1 Å². The summed E-state index contributed by atoms with van der Waals surface area (Å²) in [5.74, 6) is 0.238. The molecular weight excluding hydrogens is 332 g/mol. The molecule has 0 saturated heterocycles. The van der Waals surface area contributed by atoms with E-state index in [0.717, 1.165) is 0 Å². The van der Waals surface area contributed by atoms with Crippen molar-refractivity contribution in [3.8, 4) is 5.75 Å². The highest BCUT2D eigenvalue weighted by molar-refractivity contribution is 6.04. The number of hydrogen-bond donors (Lipinski definition) is 2. The molecule has 26 heavy (non-hydrogen) atoms. The first-order valence-corrected chi connectivity index (χ1v) is 8.43. The van der Waals surface area contributed by atoms with Crippen molar-refractivity contribution in [2.24, 2.45) is 5.92 Å². The van der Waals surface area contributed by atoms with Crippen LogP contribution >= 0.6 is 0 Å². The van der Waals surface area contributed by atoms with Crippen molar-refractivity contribution in [3.63, 3.8) is 0 Å². The zero-order valence-electron chi connectivity index (χ0n) is 15.2. The molecule has 2 rings (SSSR count). The normalized spacial score (nSPS) is 10.5. The van der Waals surface area contributed by atoms with Gasteiger partial charge in [0.25, 0.3) is 5.91 Å². The average Bonchev–Trinajstić information content (AvgIpc) is 2.63. The number of hydrogen-bond acceptors (Lipinski definition) is 4. The maximum absolute atomic E-state index is 12.4. The summed E-state index contributed by atoms with van der Waals surface area (Å²) >= 11 is 0. The van der Waals surface area contributed by atoms with E-state index in [1.165, 1.54) is 0 Å². The number of anilines is 2. The minimum atomic E-state index is -0.235. The number of carbonyl (C=O) groups is 2. The number of carbonyl (C=O) groups excluding carboxylic acids is 2. The van der Waals surface area contributed by atoms with Crippen LogP contribution in [0.3, 0.4) is 0 Å². The van der Waals surface area contributed by atoms with E-state index in [1.807, 2.05) is 13.8 Å². The van der Waals surface area contributed by atoms with Gasteiger partial charge in [0.1, 0.15) is 12.4 Å². The topological polar surface area (TPSA) is 76.7 Å². The molecule has 0 aromatic heterocycles. The molecule has 6 heteroatoms. The van der Waals surface area contributed by atoms with Crippen LogP contribution in [0, 0.1) is 5.92 Å². The van der Waals surface area contributed by atoms with Crippen molar-refractivity contribution in [2.45, 2.75) is 13.8 Å². The Labute approximate surface area is 153 Å². The predicted molar refractivity (Wildman–Crippen MR) is 102 cm³/mol. The fraction of sp³-hybridized carbons (Fsp3) is 0.300. The third kappa shape index (κ3) is 5.89. The molecule has 0 radical (unpaired) electrons. The molecule has 0 unspecified atom stereocenters. The molecule has 0 fully saturated rings. The first kappa shape index (κ1) is 19.5. The Hall–Kier alpha value is -2.86. The minimum absolute atomic E-state index is 0.0490. The summed E-state index contributed by atoms with van der Waals surface area (Å²) in [5, 5.41) is 5.63. The monoisotopic (exact) mass is 356 g/mol. The molecule has 2 N–H and O–H groups in total. The molecule has 0 saturated carbocycles. The Bertz CT molecular complexity index is 742. The summed E-state index contributed by atoms with van der Waals surface area (Å²) in [6.45, 7) is 4.56. The second-order valence-electron chi connectivity index (χ2n) is 6.04. The quantitative estimate of drug-likeness (QED) is 0.709. The summed E-state index contributed by atoms with van der Waals surface area (Å²) in [7, 11) is 1.60. The summed E-state index contributed by atoms with van der Waals surface area (Å²) < 4.78 is 10.5. The maximum atomic E-state index is 12.4. The van der Waals surface area contributed by atoms with E-state index in [-0.39, 0.29) is 17.7 Å². The summed E-state index contributed by atoms with van der Waals surface area (Å²) in [6, 6.07) is 13.9. The van der Waals surface area contributed by atoms with E-state index in [9.17, 15) is 9.59 Å². The highest BCUT2D eigenvalue weighted by atomic mass is 16.5. The zero-order chi connectivity index (χ0) is 18.9. The van der Waals surface area contributed by atoms with Gasteiger partial charge >= 0.3 is 0 Å². The summed E-state index contributed by atoms with van der Waals surface area (Å²) in [4.78, 5) is 24.1. The molecule has 138 valence electrons. The van der Waals surface area contributed by atoms with Gasteiger partial charge in [-0.15, -0.1) is 0 Å². The molecule has 2 aromatic carbocycles. The van der Waals surface area contributed by atoms with Crippen molar-refractivity contribution in [3.05, 3.63) is 54.1 Å². The molecule has 2 aromatic rings. The van der Waals surface area contributed by atoms with E-state index in [1.54, 1.807) is 55.6 Å². The number of nitrogens with one attached hydrogen (secondary N) is 2. The fourth-order valence-electron chi connectivity index (χ4n) is 2.10.